The van der Waals surface area contributed by atoms with Crippen LogP contribution in [0.3, 0.4) is 0 Å². The maximum atomic E-state index is 3.98. The van der Waals surface area contributed by atoms with Crippen LogP contribution in [0, 0.1) is 0 Å². The predicted octanol–water partition coefficient (Wildman–Crippen LogP) is 2.44. The van der Waals surface area contributed by atoms with Crippen molar-refractivity contribution in [3.8, 4) is 0 Å². The number of hydrogen-bond acceptors (Lipinski definition) is 1. The van der Waals surface area contributed by atoms with Crippen molar-refractivity contribution < 1.29 is 0 Å². The Morgan fingerprint density at radius 2 is 2.36 bits per heavy atom. The molecule has 0 N–H and O–H groups in total. The van der Waals surface area contributed by atoms with Gasteiger partial charge in [-0.2, -0.15) is 0 Å². The summed E-state index contributed by atoms with van der Waals surface area (Å²) in [6.45, 7) is 7.29. The molecule has 2 heterocycles. The van der Waals surface area contributed by atoms with E-state index in [1.54, 1.807) is 0 Å². The third-order valence-electron chi connectivity index (χ3n) is 2.40. The van der Waals surface area contributed by atoms with Crippen LogP contribution in [0.5, 0.6) is 0 Å². The molecule has 0 unspecified atom stereocenters. The molecule has 1 heteroatoms. The summed E-state index contributed by atoms with van der Waals surface area (Å²) in [6.07, 6.45) is 6.94. The van der Waals surface area contributed by atoms with Gasteiger partial charge < -0.3 is 4.90 Å². The zero-order valence-electron chi connectivity index (χ0n) is 6.93. The molecule has 2 rings (SSSR count). The number of allylic oxidation sites excluding steroid dienone is 4. The lowest BCUT2D eigenvalue weighted by atomic mass is 10.1. The summed E-state index contributed by atoms with van der Waals surface area (Å²) >= 11 is 0. The summed E-state index contributed by atoms with van der Waals surface area (Å²) in [6, 6.07) is 0. The lowest BCUT2D eigenvalue weighted by Gasteiger charge is -2.21. The fourth-order valence-corrected chi connectivity index (χ4v) is 1.65. The van der Waals surface area contributed by atoms with E-state index >= 15 is 0 Å². The minimum atomic E-state index is 1.18. The van der Waals surface area contributed by atoms with E-state index in [4.69, 9.17) is 0 Å². The first-order chi connectivity index (χ1) is 5.27. The highest BCUT2D eigenvalue weighted by Gasteiger charge is 2.18. The lowest BCUT2D eigenvalue weighted by Crippen LogP contribution is -2.13. The van der Waals surface area contributed by atoms with Crippen LogP contribution in [0.2, 0.25) is 0 Å². The number of nitrogens with zero attached hydrogens (tertiary/aromatic N) is 1. The Bertz CT molecular complexity index is 258. The van der Waals surface area contributed by atoms with Gasteiger partial charge in [-0.1, -0.05) is 6.58 Å². The van der Waals surface area contributed by atoms with Gasteiger partial charge in [0.2, 0.25) is 0 Å². The molecule has 1 nitrogen and oxygen atoms in total. The van der Waals surface area contributed by atoms with Gasteiger partial charge in [0.15, 0.2) is 0 Å². The van der Waals surface area contributed by atoms with Gasteiger partial charge in [-0.3, -0.25) is 0 Å². The lowest BCUT2D eigenvalue weighted by molar-refractivity contribution is 0.525. The third-order valence-corrected chi connectivity index (χ3v) is 2.40. The quantitative estimate of drug-likeness (QED) is 0.508. The molecule has 1 fully saturated rings. The SMILES string of the molecule is C=C1C=C2CCCN2C=C1C. The predicted molar refractivity (Wildman–Crippen MR) is 46.9 cm³/mol. The molecule has 0 spiro atoms. The van der Waals surface area contributed by atoms with Crippen LogP contribution in [-0.2, 0) is 0 Å². The molecule has 0 bridgehead atoms. The van der Waals surface area contributed by atoms with Crippen LogP contribution < -0.4 is 0 Å². The summed E-state index contributed by atoms with van der Waals surface area (Å²) in [5.74, 6) is 0. The van der Waals surface area contributed by atoms with Crippen molar-refractivity contribution in [2.45, 2.75) is 19.8 Å². The second-order valence-electron chi connectivity index (χ2n) is 3.27. The Balaban J connectivity index is 2.33. The highest BCUT2D eigenvalue weighted by molar-refractivity contribution is 5.42. The molecule has 0 aromatic carbocycles. The number of fused-ring (bicyclic) bond motifs is 1. The molecule has 0 radical (unpaired) electrons. The molecule has 0 amide bonds. The Morgan fingerprint density at radius 1 is 1.55 bits per heavy atom. The summed E-state index contributed by atoms with van der Waals surface area (Å²) < 4.78 is 0. The zero-order valence-corrected chi connectivity index (χ0v) is 6.93. The first-order valence-corrected chi connectivity index (χ1v) is 4.12. The topological polar surface area (TPSA) is 3.24 Å². The first kappa shape index (κ1) is 6.71. The van der Waals surface area contributed by atoms with Crippen molar-refractivity contribution in [3.05, 3.63) is 35.7 Å². The van der Waals surface area contributed by atoms with E-state index in [9.17, 15) is 0 Å². The summed E-state index contributed by atoms with van der Waals surface area (Å²) in [5, 5.41) is 0. The fraction of sp³-hybridized carbons (Fsp3) is 0.400. The molecule has 58 valence electrons. The van der Waals surface area contributed by atoms with Crippen LogP contribution in [0.15, 0.2) is 35.7 Å². The molecular weight excluding hydrogens is 134 g/mol. The molecule has 1 saturated heterocycles. The van der Waals surface area contributed by atoms with Gasteiger partial charge in [-0.05, 0) is 37.0 Å². The van der Waals surface area contributed by atoms with Crippen molar-refractivity contribution in [1.29, 1.82) is 0 Å². The number of rotatable bonds is 0. The fourth-order valence-electron chi connectivity index (χ4n) is 1.65. The van der Waals surface area contributed by atoms with Crippen molar-refractivity contribution in [2.75, 3.05) is 6.54 Å². The van der Waals surface area contributed by atoms with Gasteiger partial charge in [0.1, 0.15) is 0 Å². The van der Waals surface area contributed by atoms with E-state index in [0.717, 1.165) is 0 Å². The average Bonchev–Trinajstić information content (AvgIpc) is 2.36. The van der Waals surface area contributed by atoms with Gasteiger partial charge in [-0.25, -0.2) is 0 Å². The second kappa shape index (κ2) is 2.26. The molecule has 0 aromatic heterocycles. The minimum absolute atomic E-state index is 1.18. The summed E-state index contributed by atoms with van der Waals surface area (Å²) in [5.41, 5.74) is 3.93. The van der Waals surface area contributed by atoms with E-state index in [1.165, 1.54) is 36.2 Å². The molecule has 0 aliphatic carbocycles. The van der Waals surface area contributed by atoms with Gasteiger partial charge in [0.05, 0.1) is 0 Å². The van der Waals surface area contributed by atoms with Crippen LogP contribution >= 0.6 is 0 Å². The molecule has 2 aliphatic heterocycles. The highest BCUT2D eigenvalue weighted by Crippen LogP contribution is 2.29. The average molecular weight is 147 g/mol. The minimum Gasteiger partial charge on any atom is -0.351 e. The maximum absolute atomic E-state index is 3.98. The van der Waals surface area contributed by atoms with Gasteiger partial charge >= 0.3 is 0 Å². The standard InChI is InChI=1S/C10H13N/c1-8-6-10-4-3-5-11(10)7-9(8)2/h6-7H,1,3-5H2,2H3. The van der Waals surface area contributed by atoms with Crippen molar-refractivity contribution in [2.24, 2.45) is 0 Å². The monoisotopic (exact) mass is 147 g/mol. The normalized spacial score (nSPS) is 23.0. The van der Waals surface area contributed by atoms with E-state index in [-0.39, 0.29) is 0 Å². The van der Waals surface area contributed by atoms with Crippen LogP contribution in [0.4, 0.5) is 0 Å². The molecule has 0 saturated carbocycles. The molecular formula is C10H13N. The van der Waals surface area contributed by atoms with Crippen molar-refractivity contribution in [3.63, 3.8) is 0 Å². The Labute approximate surface area is 67.7 Å². The van der Waals surface area contributed by atoms with Gasteiger partial charge in [0.25, 0.3) is 0 Å². The summed E-state index contributed by atoms with van der Waals surface area (Å²) in [4.78, 5) is 2.34. The second-order valence-corrected chi connectivity index (χ2v) is 3.27. The number of hydrogen-bond donors (Lipinski definition) is 0. The first-order valence-electron chi connectivity index (χ1n) is 4.12. The van der Waals surface area contributed by atoms with Crippen molar-refractivity contribution >= 4 is 0 Å². The van der Waals surface area contributed by atoms with Crippen LogP contribution in [0.25, 0.3) is 0 Å². The van der Waals surface area contributed by atoms with Gasteiger partial charge in [0, 0.05) is 18.4 Å². The maximum Gasteiger partial charge on any atom is 0.0226 e. The Morgan fingerprint density at radius 3 is 3.18 bits per heavy atom. The van der Waals surface area contributed by atoms with E-state index < -0.39 is 0 Å². The summed E-state index contributed by atoms with van der Waals surface area (Å²) in [7, 11) is 0. The smallest absolute Gasteiger partial charge is 0.0226 e. The van der Waals surface area contributed by atoms with E-state index in [1.807, 2.05) is 0 Å². The largest absolute Gasteiger partial charge is 0.351 e. The zero-order chi connectivity index (χ0) is 7.84. The van der Waals surface area contributed by atoms with Gasteiger partial charge in [-0.15, -0.1) is 0 Å². The highest BCUT2D eigenvalue weighted by atomic mass is 15.1. The Kier molecular flexibility index (Phi) is 1.38. The third kappa shape index (κ3) is 1.01. The van der Waals surface area contributed by atoms with Crippen LogP contribution in [-0.4, -0.2) is 11.4 Å². The van der Waals surface area contributed by atoms with Crippen molar-refractivity contribution in [1.82, 2.24) is 4.90 Å². The van der Waals surface area contributed by atoms with E-state index in [0.29, 0.717) is 0 Å². The van der Waals surface area contributed by atoms with Crippen LogP contribution in [0.1, 0.15) is 19.8 Å². The molecule has 0 atom stereocenters. The molecule has 2 aliphatic rings. The molecule has 11 heavy (non-hydrogen) atoms. The molecule has 0 aromatic rings. The Hall–Kier alpha value is -0.980. The van der Waals surface area contributed by atoms with E-state index in [2.05, 4.69) is 30.7 Å².